The predicted molar refractivity (Wildman–Crippen MR) is 107 cm³/mol. The van der Waals surface area contributed by atoms with Crippen LogP contribution in [0.5, 0.6) is 0 Å². The van der Waals surface area contributed by atoms with Crippen LogP contribution in [0.2, 0.25) is 0 Å². The summed E-state index contributed by atoms with van der Waals surface area (Å²) >= 11 is 1.51. The van der Waals surface area contributed by atoms with E-state index in [1.165, 1.54) is 23.5 Å². The number of hydrogen-bond acceptors (Lipinski definition) is 5. The number of halogens is 1. The van der Waals surface area contributed by atoms with Crippen molar-refractivity contribution >= 4 is 17.2 Å². The lowest BCUT2D eigenvalue weighted by atomic mass is 9.92. The largest absolute Gasteiger partial charge is 0.336 e. The minimum Gasteiger partial charge on any atom is -0.336 e. The maximum Gasteiger partial charge on any atom is 0.293 e. The zero-order valence-corrected chi connectivity index (χ0v) is 16.4. The van der Waals surface area contributed by atoms with E-state index in [1.54, 1.807) is 21.7 Å². The predicted octanol–water partition coefficient (Wildman–Crippen LogP) is 3.33. The first-order valence-electron chi connectivity index (χ1n) is 9.34. The van der Waals surface area contributed by atoms with Crippen molar-refractivity contribution in [3.8, 4) is 16.4 Å². The Balaban J connectivity index is 1.69. The molecular formula is C20H22FN5OS. The van der Waals surface area contributed by atoms with Crippen LogP contribution >= 0.6 is 11.3 Å². The smallest absolute Gasteiger partial charge is 0.293 e. The second-order valence-electron chi connectivity index (χ2n) is 7.14. The maximum atomic E-state index is 13.3. The zero-order chi connectivity index (χ0) is 19.7. The summed E-state index contributed by atoms with van der Waals surface area (Å²) in [6.45, 7) is 3.28. The Morgan fingerprint density at radius 2 is 2.11 bits per heavy atom. The highest BCUT2D eigenvalue weighted by Crippen LogP contribution is 2.27. The lowest BCUT2D eigenvalue weighted by molar-refractivity contribution is 0.0648. The van der Waals surface area contributed by atoms with Gasteiger partial charge in [0.2, 0.25) is 5.82 Å². The summed E-state index contributed by atoms with van der Waals surface area (Å²) in [5, 5.41) is 6.42. The van der Waals surface area contributed by atoms with Gasteiger partial charge in [0.15, 0.2) is 5.82 Å². The van der Waals surface area contributed by atoms with Crippen LogP contribution in [-0.2, 0) is 0 Å². The molecule has 2 atom stereocenters. The number of nitrogens with two attached hydrogens (primary N) is 1. The molecule has 0 aliphatic carbocycles. The molecule has 0 bridgehead atoms. The quantitative estimate of drug-likeness (QED) is 0.730. The van der Waals surface area contributed by atoms with Gasteiger partial charge in [-0.25, -0.2) is 14.1 Å². The second kappa shape index (κ2) is 7.81. The van der Waals surface area contributed by atoms with Gasteiger partial charge in [0.1, 0.15) is 5.82 Å². The molecule has 1 aliphatic heterocycles. The molecule has 0 saturated carbocycles. The van der Waals surface area contributed by atoms with Crippen LogP contribution in [-0.4, -0.2) is 44.7 Å². The number of benzene rings is 1. The molecule has 1 amide bonds. The summed E-state index contributed by atoms with van der Waals surface area (Å²) in [4.78, 5) is 20.3. The Morgan fingerprint density at radius 3 is 2.79 bits per heavy atom. The molecule has 2 aromatic heterocycles. The fourth-order valence-corrected chi connectivity index (χ4v) is 4.19. The van der Waals surface area contributed by atoms with Crippen molar-refractivity contribution in [3.05, 3.63) is 53.4 Å². The lowest BCUT2D eigenvalue weighted by Gasteiger charge is -2.33. The van der Waals surface area contributed by atoms with Crippen molar-refractivity contribution in [2.75, 3.05) is 13.1 Å². The molecule has 1 fully saturated rings. The topological polar surface area (TPSA) is 77.0 Å². The van der Waals surface area contributed by atoms with Crippen molar-refractivity contribution in [1.82, 2.24) is 19.7 Å². The Kier molecular flexibility index (Phi) is 5.23. The van der Waals surface area contributed by atoms with E-state index in [1.807, 2.05) is 24.4 Å². The van der Waals surface area contributed by atoms with Gasteiger partial charge in [0.25, 0.3) is 5.91 Å². The maximum absolute atomic E-state index is 13.3. The Labute approximate surface area is 166 Å². The second-order valence-corrected chi connectivity index (χ2v) is 8.08. The third kappa shape index (κ3) is 3.70. The van der Waals surface area contributed by atoms with Crippen LogP contribution < -0.4 is 5.73 Å². The minimum atomic E-state index is -0.326. The molecule has 3 aromatic rings. The summed E-state index contributed by atoms with van der Waals surface area (Å²) in [5.41, 5.74) is 6.70. The number of piperidine rings is 1. The molecule has 6 nitrogen and oxygen atoms in total. The molecule has 2 unspecified atom stereocenters. The van der Waals surface area contributed by atoms with E-state index < -0.39 is 0 Å². The number of hydrogen-bond donors (Lipinski definition) is 1. The first kappa shape index (κ1) is 18.8. The van der Waals surface area contributed by atoms with Gasteiger partial charge >= 0.3 is 0 Å². The number of carbonyl (C=O) groups excluding carboxylic acids is 1. The number of amides is 1. The average Bonchev–Trinajstić information content (AvgIpc) is 3.38. The van der Waals surface area contributed by atoms with Crippen LogP contribution in [0.25, 0.3) is 16.4 Å². The van der Waals surface area contributed by atoms with Gasteiger partial charge in [-0.15, -0.1) is 16.4 Å². The van der Waals surface area contributed by atoms with E-state index in [2.05, 4.69) is 10.1 Å². The van der Waals surface area contributed by atoms with E-state index >= 15 is 0 Å². The van der Waals surface area contributed by atoms with Crippen molar-refractivity contribution in [1.29, 1.82) is 0 Å². The van der Waals surface area contributed by atoms with Crippen molar-refractivity contribution < 1.29 is 9.18 Å². The molecule has 8 heteroatoms. The molecule has 28 heavy (non-hydrogen) atoms. The molecule has 0 radical (unpaired) electrons. The Bertz CT molecular complexity index is 952. The number of aromatic nitrogens is 3. The molecule has 2 N–H and O–H groups in total. The molecule has 1 aliphatic rings. The van der Waals surface area contributed by atoms with Gasteiger partial charge in [0, 0.05) is 19.1 Å². The van der Waals surface area contributed by atoms with Crippen molar-refractivity contribution in [2.24, 2.45) is 11.7 Å². The van der Waals surface area contributed by atoms with Gasteiger partial charge in [0.05, 0.1) is 10.6 Å². The third-order valence-corrected chi connectivity index (χ3v) is 5.97. The van der Waals surface area contributed by atoms with E-state index in [9.17, 15) is 9.18 Å². The monoisotopic (exact) mass is 399 g/mol. The first-order valence-corrected chi connectivity index (χ1v) is 10.2. The zero-order valence-electron chi connectivity index (χ0n) is 15.6. The number of nitrogens with zero attached hydrogens (tertiary/aromatic N) is 4. The number of carbonyl (C=O) groups is 1. The van der Waals surface area contributed by atoms with E-state index in [0.29, 0.717) is 24.6 Å². The van der Waals surface area contributed by atoms with Crippen LogP contribution in [0, 0.1) is 11.7 Å². The molecule has 4 rings (SSSR count). The standard InChI is InChI=1S/C20H22FN5OS/c1-13(22)14-4-2-10-25(12-14)20(27)18-23-19(17-5-3-11-28-17)26(24-18)16-8-6-15(21)7-9-16/h3,5-9,11,13-14H,2,4,10,12,22H2,1H3. The average molecular weight is 399 g/mol. The van der Waals surface area contributed by atoms with E-state index in [0.717, 1.165) is 17.7 Å². The van der Waals surface area contributed by atoms with Gasteiger partial charge in [-0.2, -0.15) is 0 Å². The lowest BCUT2D eigenvalue weighted by Crippen LogP contribution is -2.45. The van der Waals surface area contributed by atoms with Crippen molar-refractivity contribution in [2.45, 2.75) is 25.8 Å². The van der Waals surface area contributed by atoms with Crippen LogP contribution in [0.15, 0.2) is 41.8 Å². The molecule has 146 valence electrons. The summed E-state index contributed by atoms with van der Waals surface area (Å²) in [5.74, 6) is 0.495. The first-order chi connectivity index (χ1) is 13.5. The normalized spacial score (nSPS) is 18.2. The molecule has 1 aromatic carbocycles. The molecule has 1 saturated heterocycles. The van der Waals surface area contributed by atoms with Crippen LogP contribution in [0.4, 0.5) is 4.39 Å². The molecule has 0 spiro atoms. The third-order valence-electron chi connectivity index (χ3n) is 5.10. The fraction of sp³-hybridized carbons (Fsp3) is 0.350. The van der Waals surface area contributed by atoms with Gasteiger partial charge in [-0.05, 0) is 61.4 Å². The van der Waals surface area contributed by atoms with Crippen LogP contribution in [0.1, 0.15) is 30.4 Å². The number of likely N-dealkylation sites (tertiary alicyclic amines) is 1. The molecule has 3 heterocycles. The van der Waals surface area contributed by atoms with Crippen LogP contribution in [0.3, 0.4) is 0 Å². The highest BCUT2D eigenvalue weighted by Gasteiger charge is 2.29. The summed E-state index contributed by atoms with van der Waals surface area (Å²) in [6, 6.07) is 9.88. The van der Waals surface area contributed by atoms with Crippen molar-refractivity contribution in [3.63, 3.8) is 0 Å². The van der Waals surface area contributed by atoms with E-state index in [-0.39, 0.29) is 29.5 Å². The summed E-state index contributed by atoms with van der Waals surface area (Å²) < 4.78 is 14.9. The van der Waals surface area contributed by atoms with E-state index in [4.69, 9.17) is 5.73 Å². The summed E-state index contributed by atoms with van der Waals surface area (Å²) in [6.07, 6.45) is 1.95. The SMILES string of the molecule is CC(N)C1CCCN(C(=O)c2nc(-c3cccs3)n(-c3ccc(F)cc3)n2)C1. The summed E-state index contributed by atoms with van der Waals surface area (Å²) in [7, 11) is 0. The highest BCUT2D eigenvalue weighted by molar-refractivity contribution is 7.13. The Morgan fingerprint density at radius 1 is 1.32 bits per heavy atom. The molecular weight excluding hydrogens is 377 g/mol. The fourth-order valence-electron chi connectivity index (χ4n) is 3.50. The number of thiophene rings is 1. The Hall–Kier alpha value is -2.58. The number of rotatable bonds is 4. The van der Waals surface area contributed by atoms with Gasteiger partial charge in [-0.3, -0.25) is 4.79 Å². The van der Waals surface area contributed by atoms with Gasteiger partial charge in [-0.1, -0.05) is 6.07 Å². The minimum absolute atomic E-state index is 0.0435. The highest BCUT2D eigenvalue weighted by atomic mass is 32.1. The van der Waals surface area contributed by atoms with Gasteiger partial charge < -0.3 is 10.6 Å².